The first-order chi connectivity index (χ1) is 13.9. The average Bonchev–Trinajstić information content (AvgIpc) is 3.15. The van der Waals surface area contributed by atoms with Crippen LogP contribution < -0.4 is 19.7 Å². The van der Waals surface area contributed by atoms with E-state index in [0.717, 1.165) is 16.0 Å². The van der Waals surface area contributed by atoms with Crippen LogP contribution in [0.1, 0.15) is 11.1 Å². The van der Waals surface area contributed by atoms with Crippen molar-refractivity contribution in [2.45, 2.75) is 13.5 Å². The summed E-state index contributed by atoms with van der Waals surface area (Å²) in [5.74, 6) is -1.35. The number of ether oxygens (including phenoxy) is 2. The van der Waals surface area contributed by atoms with Crippen LogP contribution in [-0.4, -0.2) is 30.9 Å². The standard InChI is InChI=1S/C20H16ClN3O5/c1-11-2-4-13(7-15(11)21)24-19(26)14(18(25)23-20(24)27)9-22-8-12-3-5-16-17(6-12)29-10-28-16/h2-7,9,14H,8,10H2,1H3,(H,23,25,27). The van der Waals surface area contributed by atoms with Gasteiger partial charge in [-0.05, 0) is 42.3 Å². The van der Waals surface area contributed by atoms with Gasteiger partial charge >= 0.3 is 6.03 Å². The average molecular weight is 414 g/mol. The molecule has 1 atom stereocenters. The summed E-state index contributed by atoms with van der Waals surface area (Å²) >= 11 is 6.10. The molecule has 2 aliphatic heterocycles. The molecule has 0 bridgehead atoms. The van der Waals surface area contributed by atoms with E-state index in [2.05, 4.69) is 10.3 Å². The van der Waals surface area contributed by atoms with E-state index in [9.17, 15) is 14.4 Å². The Balaban J connectivity index is 1.52. The van der Waals surface area contributed by atoms with Crippen LogP contribution in [0.5, 0.6) is 11.5 Å². The number of aryl methyl sites for hydroxylation is 1. The number of imide groups is 2. The van der Waals surface area contributed by atoms with Crippen molar-refractivity contribution in [1.82, 2.24) is 5.32 Å². The number of fused-ring (bicyclic) bond motifs is 1. The zero-order chi connectivity index (χ0) is 20.5. The summed E-state index contributed by atoms with van der Waals surface area (Å²) in [5, 5.41) is 2.59. The number of rotatable bonds is 4. The van der Waals surface area contributed by atoms with Crippen molar-refractivity contribution >= 4 is 41.3 Å². The van der Waals surface area contributed by atoms with Gasteiger partial charge in [-0.25, -0.2) is 9.69 Å². The van der Waals surface area contributed by atoms with Crippen LogP contribution in [0.25, 0.3) is 0 Å². The quantitative estimate of drug-likeness (QED) is 0.614. The number of halogens is 1. The molecule has 2 aromatic rings. The summed E-state index contributed by atoms with van der Waals surface area (Å²) in [6.45, 7) is 2.21. The Morgan fingerprint density at radius 1 is 1.17 bits per heavy atom. The molecule has 1 saturated heterocycles. The normalized spacial score (nSPS) is 18.5. The predicted molar refractivity (Wildman–Crippen MR) is 105 cm³/mol. The molecule has 2 aromatic carbocycles. The maximum atomic E-state index is 12.8. The number of hydrogen-bond acceptors (Lipinski definition) is 6. The van der Waals surface area contributed by atoms with Crippen LogP contribution >= 0.6 is 11.6 Å². The van der Waals surface area contributed by atoms with Gasteiger partial charge in [-0.15, -0.1) is 0 Å². The molecule has 148 valence electrons. The lowest BCUT2D eigenvalue weighted by Crippen LogP contribution is -2.58. The number of barbiturate groups is 1. The minimum atomic E-state index is -1.22. The summed E-state index contributed by atoms with van der Waals surface area (Å²) < 4.78 is 10.6. The Morgan fingerprint density at radius 2 is 1.97 bits per heavy atom. The number of carbonyl (C=O) groups is 3. The number of benzene rings is 2. The van der Waals surface area contributed by atoms with E-state index in [-0.39, 0.29) is 19.0 Å². The van der Waals surface area contributed by atoms with Crippen LogP contribution in [0.2, 0.25) is 5.02 Å². The zero-order valence-electron chi connectivity index (χ0n) is 15.3. The third-order valence-corrected chi connectivity index (χ3v) is 4.99. The van der Waals surface area contributed by atoms with E-state index in [1.165, 1.54) is 12.3 Å². The Morgan fingerprint density at radius 3 is 2.76 bits per heavy atom. The Kier molecular flexibility index (Phi) is 4.94. The van der Waals surface area contributed by atoms with Crippen molar-refractivity contribution in [3.05, 3.63) is 52.5 Å². The molecule has 1 unspecified atom stereocenters. The molecule has 1 N–H and O–H groups in total. The van der Waals surface area contributed by atoms with Crippen LogP contribution in [-0.2, 0) is 16.1 Å². The first-order valence-electron chi connectivity index (χ1n) is 8.77. The summed E-state index contributed by atoms with van der Waals surface area (Å²) in [6, 6.07) is 9.34. The second kappa shape index (κ2) is 7.56. The fourth-order valence-electron chi connectivity index (χ4n) is 2.99. The predicted octanol–water partition coefficient (Wildman–Crippen LogP) is 2.85. The summed E-state index contributed by atoms with van der Waals surface area (Å²) in [4.78, 5) is 42.3. The summed E-state index contributed by atoms with van der Waals surface area (Å²) in [5.41, 5.74) is 1.91. The molecule has 0 radical (unpaired) electrons. The van der Waals surface area contributed by atoms with Crippen LogP contribution in [0.3, 0.4) is 0 Å². The molecular weight excluding hydrogens is 398 g/mol. The van der Waals surface area contributed by atoms with E-state index in [0.29, 0.717) is 16.5 Å². The third kappa shape index (κ3) is 3.66. The fraction of sp³-hybridized carbons (Fsp3) is 0.200. The van der Waals surface area contributed by atoms with Gasteiger partial charge in [0.05, 0.1) is 12.2 Å². The zero-order valence-corrected chi connectivity index (χ0v) is 16.1. The summed E-state index contributed by atoms with van der Waals surface area (Å²) in [6.07, 6.45) is 1.25. The summed E-state index contributed by atoms with van der Waals surface area (Å²) in [7, 11) is 0. The second-order valence-electron chi connectivity index (χ2n) is 6.56. The lowest BCUT2D eigenvalue weighted by Gasteiger charge is -2.28. The maximum absolute atomic E-state index is 12.8. The minimum Gasteiger partial charge on any atom is -0.454 e. The van der Waals surface area contributed by atoms with Crippen molar-refractivity contribution in [1.29, 1.82) is 0 Å². The topological polar surface area (TPSA) is 97.3 Å². The molecule has 4 rings (SSSR count). The van der Waals surface area contributed by atoms with Crippen molar-refractivity contribution in [2.75, 3.05) is 11.7 Å². The lowest BCUT2D eigenvalue weighted by atomic mass is 10.1. The number of amides is 4. The largest absolute Gasteiger partial charge is 0.454 e. The van der Waals surface area contributed by atoms with Gasteiger partial charge < -0.3 is 9.47 Å². The third-order valence-electron chi connectivity index (χ3n) is 4.58. The second-order valence-corrected chi connectivity index (χ2v) is 6.96. The van der Waals surface area contributed by atoms with Gasteiger partial charge in [-0.3, -0.25) is 19.9 Å². The first kappa shape index (κ1) is 18.9. The van der Waals surface area contributed by atoms with Crippen molar-refractivity contribution in [3.63, 3.8) is 0 Å². The van der Waals surface area contributed by atoms with E-state index in [1.807, 2.05) is 6.07 Å². The number of nitrogens with zero attached hydrogens (tertiary/aromatic N) is 2. The molecule has 2 heterocycles. The highest BCUT2D eigenvalue weighted by Crippen LogP contribution is 2.32. The van der Waals surface area contributed by atoms with E-state index in [4.69, 9.17) is 21.1 Å². The minimum absolute atomic E-state index is 0.172. The molecule has 1 fully saturated rings. The van der Waals surface area contributed by atoms with Crippen molar-refractivity contribution < 1.29 is 23.9 Å². The lowest BCUT2D eigenvalue weighted by molar-refractivity contribution is -0.131. The maximum Gasteiger partial charge on any atom is 0.335 e. The van der Waals surface area contributed by atoms with Gasteiger partial charge in [0.1, 0.15) is 0 Å². The van der Waals surface area contributed by atoms with Gasteiger partial charge in [0.25, 0.3) is 5.91 Å². The van der Waals surface area contributed by atoms with E-state index in [1.54, 1.807) is 31.2 Å². The molecule has 2 aliphatic rings. The van der Waals surface area contributed by atoms with Crippen LogP contribution in [0.15, 0.2) is 41.4 Å². The molecule has 0 aliphatic carbocycles. The van der Waals surface area contributed by atoms with Crippen LogP contribution in [0, 0.1) is 12.8 Å². The molecule has 0 saturated carbocycles. The van der Waals surface area contributed by atoms with E-state index >= 15 is 0 Å². The number of nitrogens with one attached hydrogen (secondary N) is 1. The molecule has 0 aromatic heterocycles. The molecule has 8 nitrogen and oxygen atoms in total. The molecule has 4 amide bonds. The molecule has 29 heavy (non-hydrogen) atoms. The number of anilines is 1. The van der Waals surface area contributed by atoms with Gasteiger partial charge in [-0.1, -0.05) is 23.7 Å². The number of hydrogen-bond donors (Lipinski definition) is 1. The molecular formula is C20H16ClN3O5. The van der Waals surface area contributed by atoms with Crippen molar-refractivity contribution in [2.24, 2.45) is 10.9 Å². The monoisotopic (exact) mass is 413 g/mol. The number of urea groups is 1. The highest BCUT2D eigenvalue weighted by molar-refractivity contribution is 6.34. The van der Waals surface area contributed by atoms with Crippen LogP contribution in [0.4, 0.5) is 10.5 Å². The van der Waals surface area contributed by atoms with Gasteiger partial charge in [0, 0.05) is 11.2 Å². The molecule has 0 spiro atoms. The first-order valence-corrected chi connectivity index (χ1v) is 9.15. The van der Waals surface area contributed by atoms with Gasteiger partial charge in [0.2, 0.25) is 12.7 Å². The number of carbonyl (C=O) groups excluding carboxylic acids is 3. The Bertz CT molecular complexity index is 1050. The smallest absolute Gasteiger partial charge is 0.335 e. The Hall–Kier alpha value is -3.39. The van der Waals surface area contributed by atoms with E-state index < -0.39 is 23.8 Å². The van der Waals surface area contributed by atoms with Crippen molar-refractivity contribution in [3.8, 4) is 11.5 Å². The highest BCUT2D eigenvalue weighted by Gasteiger charge is 2.40. The van der Waals surface area contributed by atoms with Gasteiger partial charge in [0.15, 0.2) is 17.4 Å². The SMILES string of the molecule is Cc1ccc(N2C(=O)NC(=O)C(C=NCc3ccc4c(c3)OCO4)C2=O)cc1Cl. The Labute approximate surface area is 171 Å². The molecule has 9 heteroatoms. The highest BCUT2D eigenvalue weighted by atomic mass is 35.5. The van der Waals surface area contributed by atoms with Gasteiger partial charge in [-0.2, -0.15) is 0 Å². The fourth-order valence-corrected chi connectivity index (χ4v) is 3.16. The number of aliphatic imine (C=N–C) groups is 1.